The number of quaternary nitrogens is 1. The van der Waals surface area contributed by atoms with Crippen LogP contribution in [0.1, 0.15) is 42.1 Å². The van der Waals surface area contributed by atoms with Crippen molar-refractivity contribution in [3.8, 4) is 17.0 Å². The summed E-state index contributed by atoms with van der Waals surface area (Å²) in [5.41, 5.74) is 2.70. The fourth-order valence-electron chi connectivity index (χ4n) is 5.38. The van der Waals surface area contributed by atoms with Crippen LogP contribution in [-0.4, -0.2) is 99.4 Å². The molecule has 0 aliphatic carbocycles. The average molecular weight is 753 g/mol. The Bertz CT molecular complexity index is 1940. The van der Waals surface area contributed by atoms with E-state index in [-0.39, 0.29) is 34.8 Å². The van der Waals surface area contributed by atoms with Gasteiger partial charge in [0.2, 0.25) is 5.82 Å². The standard InChI is InChI=1S/C32H36F2N6O6.C2HF3O2/c1-4-20-16-21(8-9-22(20)32(45)36-12-6-5-7-15-40(2,18-26(41)42)19-27(43)44)38-30-31-37-17-24(39(31)14-13-35-30)23-10-11-25(46-3)29(34)28(23)33;3-2(4,5)1(6)7/h8-11,13-14,16-17H,4-7,12,15,18-19H2,1-3H3,(H3-,35,36,38,41,42,43,44,45);(H,6,7). The second-order valence-corrected chi connectivity index (χ2v) is 12.0. The number of hydrogen-bond acceptors (Lipinski definition) is 9. The number of halogens is 5. The summed E-state index contributed by atoms with van der Waals surface area (Å²) in [6.07, 6.45) is 1.90. The minimum Gasteiger partial charge on any atom is -0.542 e. The number of aliphatic carboxylic acids is 3. The molecule has 1 amide bonds. The first kappa shape index (κ1) is 41.6. The highest BCUT2D eigenvalue weighted by molar-refractivity contribution is 5.96. The number of ether oxygens (including phenoxy) is 1. The monoisotopic (exact) mass is 752 g/mol. The lowest BCUT2D eigenvalue weighted by Crippen LogP contribution is -2.51. The molecule has 14 nitrogen and oxygen atoms in total. The zero-order valence-corrected chi connectivity index (χ0v) is 28.8. The number of carbonyl (C=O) groups excluding carboxylic acids is 2. The summed E-state index contributed by atoms with van der Waals surface area (Å²) in [4.78, 5) is 52.8. The maximum Gasteiger partial charge on any atom is 0.430 e. The Morgan fingerprint density at radius 3 is 2.23 bits per heavy atom. The molecule has 2 aromatic heterocycles. The molecule has 53 heavy (non-hydrogen) atoms. The second-order valence-electron chi connectivity index (χ2n) is 12.0. The number of nitrogens with zero attached hydrogens (tertiary/aromatic N) is 4. The molecule has 0 spiro atoms. The molecule has 0 fully saturated rings. The SMILES string of the molecule is CCc1cc(Nc2nccn3c(-c4ccc(OC)c(F)c4F)cnc23)ccc1C(=O)NCCCCC[N+](C)(CC(=O)O)CC(=O)O.O=C([O-])C(F)(F)F. The lowest BCUT2D eigenvalue weighted by molar-refractivity contribution is -0.895. The molecule has 0 saturated heterocycles. The minimum atomic E-state index is -5.19. The van der Waals surface area contributed by atoms with E-state index >= 15 is 0 Å². The zero-order valence-electron chi connectivity index (χ0n) is 28.8. The molecular weight excluding hydrogens is 715 g/mol. The summed E-state index contributed by atoms with van der Waals surface area (Å²) < 4.78 is 67.1. The van der Waals surface area contributed by atoms with Gasteiger partial charge in [-0.2, -0.15) is 17.6 Å². The minimum absolute atomic E-state index is 0.0144. The number of carbonyl (C=O) groups is 4. The largest absolute Gasteiger partial charge is 0.542 e. The van der Waals surface area contributed by atoms with E-state index in [0.29, 0.717) is 67.2 Å². The number of carboxylic acid groups (broad SMARTS) is 3. The molecule has 0 saturated carbocycles. The number of imidazole rings is 1. The van der Waals surface area contributed by atoms with Gasteiger partial charge in [0.05, 0.1) is 32.6 Å². The zero-order chi connectivity index (χ0) is 39.5. The van der Waals surface area contributed by atoms with Gasteiger partial charge in [0.15, 0.2) is 36.1 Å². The van der Waals surface area contributed by atoms with Crippen molar-refractivity contribution >= 4 is 41.0 Å². The molecule has 0 aliphatic heterocycles. The number of amides is 1. The molecule has 4 N–H and O–H groups in total. The molecular formula is C34H37F5N6O8. The van der Waals surface area contributed by atoms with Crippen molar-refractivity contribution in [3.63, 3.8) is 0 Å². The van der Waals surface area contributed by atoms with E-state index in [1.54, 1.807) is 29.8 Å². The number of rotatable bonds is 16. The lowest BCUT2D eigenvalue weighted by atomic mass is 10.0. The van der Waals surface area contributed by atoms with Gasteiger partial charge in [0, 0.05) is 35.8 Å². The third-order valence-electron chi connectivity index (χ3n) is 7.89. The Kier molecular flexibility index (Phi) is 14.2. The maximum atomic E-state index is 14.8. The van der Waals surface area contributed by atoms with Crippen molar-refractivity contribution in [2.24, 2.45) is 0 Å². The molecule has 0 aliphatic rings. The lowest BCUT2D eigenvalue weighted by Gasteiger charge is -2.31. The molecule has 4 aromatic rings. The number of likely N-dealkylation sites (N-methyl/N-ethyl adjacent to an activating group) is 1. The van der Waals surface area contributed by atoms with E-state index in [9.17, 15) is 36.3 Å². The Labute approximate surface area is 299 Å². The van der Waals surface area contributed by atoms with Crippen LogP contribution in [0.5, 0.6) is 5.75 Å². The number of methoxy groups -OCH3 is 1. The van der Waals surface area contributed by atoms with Gasteiger partial charge in [-0.25, -0.2) is 23.9 Å². The van der Waals surface area contributed by atoms with Gasteiger partial charge < -0.3 is 40.0 Å². The van der Waals surface area contributed by atoms with Crippen molar-refractivity contribution in [1.82, 2.24) is 19.7 Å². The van der Waals surface area contributed by atoms with Crippen LogP contribution in [0.15, 0.2) is 48.9 Å². The highest BCUT2D eigenvalue weighted by Gasteiger charge is 2.29. The van der Waals surface area contributed by atoms with E-state index < -0.39 is 35.7 Å². The number of benzene rings is 2. The van der Waals surface area contributed by atoms with Gasteiger partial charge >= 0.3 is 18.1 Å². The number of fused-ring (bicyclic) bond motifs is 1. The van der Waals surface area contributed by atoms with Crippen LogP contribution in [0.4, 0.5) is 33.5 Å². The Hall–Kier alpha value is -5.85. The third kappa shape index (κ3) is 11.3. The molecule has 4 rings (SSSR count). The summed E-state index contributed by atoms with van der Waals surface area (Å²) in [5.74, 6) is -7.30. The molecule has 0 bridgehead atoms. The number of anilines is 2. The average Bonchev–Trinajstić information content (AvgIpc) is 3.51. The van der Waals surface area contributed by atoms with E-state index in [1.807, 2.05) is 13.0 Å². The van der Waals surface area contributed by atoms with Crippen LogP contribution in [-0.2, 0) is 20.8 Å². The third-order valence-corrected chi connectivity index (χ3v) is 7.89. The topological polar surface area (TPSA) is 195 Å². The molecule has 0 atom stereocenters. The van der Waals surface area contributed by atoms with Crippen molar-refractivity contribution < 1.29 is 65.7 Å². The summed E-state index contributed by atoms with van der Waals surface area (Å²) in [7, 11) is 2.88. The molecule has 2 heterocycles. The molecule has 0 unspecified atom stereocenters. The smallest absolute Gasteiger partial charge is 0.430 e. The van der Waals surface area contributed by atoms with Gasteiger partial charge in [-0.05, 0) is 61.6 Å². The van der Waals surface area contributed by atoms with E-state index in [2.05, 4.69) is 20.6 Å². The predicted octanol–water partition coefficient (Wildman–Crippen LogP) is 3.80. The van der Waals surface area contributed by atoms with Gasteiger partial charge in [0.1, 0.15) is 5.97 Å². The highest BCUT2D eigenvalue weighted by Crippen LogP contribution is 2.31. The number of aryl methyl sites for hydroxylation is 1. The van der Waals surface area contributed by atoms with Crippen molar-refractivity contribution in [3.05, 3.63) is 71.7 Å². The molecule has 0 radical (unpaired) electrons. The van der Waals surface area contributed by atoms with Crippen LogP contribution in [0, 0.1) is 11.6 Å². The maximum absolute atomic E-state index is 14.8. The summed E-state index contributed by atoms with van der Waals surface area (Å²) in [6.45, 7) is 2.21. The van der Waals surface area contributed by atoms with E-state index in [1.165, 1.54) is 31.6 Å². The van der Waals surface area contributed by atoms with Gasteiger partial charge in [-0.15, -0.1) is 0 Å². The Balaban J connectivity index is 0.000000980. The first-order chi connectivity index (χ1) is 24.9. The number of nitrogens with one attached hydrogen (secondary N) is 2. The Morgan fingerprint density at radius 1 is 0.981 bits per heavy atom. The summed E-state index contributed by atoms with van der Waals surface area (Å²) in [5, 5.41) is 33.2. The highest BCUT2D eigenvalue weighted by atomic mass is 19.4. The number of aromatic nitrogens is 3. The first-order valence-corrected chi connectivity index (χ1v) is 16.0. The molecule has 19 heteroatoms. The molecule has 2 aromatic carbocycles. The van der Waals surface area contributed by atoms with Crippen LogP contribution >= 0.6 is 0 Å². The summed E-state index contributed by atoms with van der Waals surface area (Å²) in [6, 6.07) is 8.06. The number of alkyl halides is 3. The fourth-order valence-corrected chi connectivity index (χ4v) is 5.38. The van der Waals surface area contributed by atoms with Gasteiger partial charge in [0.25, 0.3) is 5.91 Å². The van der Waals surface area contributed by atoms with E-state index in [4.69, 9.17) is 24.9 Å². The summed E-state index contributed by atoms with van der Waals surface area (Å²) >= 11 is 0. The van der Waals surface area contributed by atoms with Crippen molar-refractivity contribution in [1.29, 1.82) is 0 Å². The van der Waals surface area contributed by atoms with Crippen molar-refractivity contribution in [2.45, 2.75) is 38.8 Å². The second kappa shape index (κ2) is 18.1. The van der Waals surface area contributed by atoms with Crippen LogP contribution in [0.3, 0.4) is 0 Å². The van der Waals surface area contributed by atoms with E-state index in [0.717, 1.165) is 5.56 Å². The Morgan fingerprint density at radius 2 is 1.64 bits per heavy atom. The van der Waals surface area contributed by atoms with Crippen LogP contribution in [0.25, 0.3) is 16.9 Å². The number of hydrogen-bond donors (Lipinski definition) is 4. The number of carboxylic acids is 3. The quantitative estimate of drug-likeness (QED) is 0.0739. The van der Waals surface area contributed by atoms with Crippen molar-refractivity contribution in [2.75, 3.05) is 45.7 Å². The van der Waals surface area contributed by atoms with Crippen LogP contribution < -0.4 is 20.5 Å². The normalized spacial score (nSPS) is 11.4. The number of unbranched alkanes of at least 4 members (excludes halogenated alkanes) is 2. The fraction of sp³-hybridized carbons (Fsp3) is 0.353. The van der Waals surface area contributed by atoms with Gasteiger partial charge in [-0.1, -0.05) is 6.92 Å². The van der Waals surface area contributed by atoms with Crippen LogP contribution in [0.2, 0.25) is 0 Å². The molecule has 286 valence electrons. The predicted molar refractivity (Wildman–Crippen MR) is 177 cm³/mol. The first-order valence-electron chi connectivity index (χ1n) is 16.0. The van der Waals surface area contributed by atoms with Gasteiger partial charge in [-0.3, -0.25) is 9.20 Å².